The number of rotatable bonds is 9. The van der Waals surface area contributed by atoms with Gasteiger partial charge in [-0.1, -0.05) is 19.8 Å². The summed E-state index contributed by atoms with van der Waals surface area (Å²) in [6, 6.07) is 0. The van der Waals surface area contributed by atoms with Gasteiger partial charge in [0.15, 0.2) is 0 Å². The highest BCUT2D eigenvalue weighted by atomic mass is 31.2. The lowest BCUT2D eigenvalue weighted by Crippen LogP contribution is -2.47. The maximum Gasteiger partial charge on any atom is 0.118 e. The van der Waals surface area contributed by atoms with Crippen LogP contribution in [0.25, 0.3) is 0 Å². The lowest BCUT2D eigenvalue weighted by molar-refractivity contribution is -0.349. The van der Waals surface area contributed by atoms with Gasteiger partial charge in [0.25, 0.3) is 0 Å². The van der Waals surface area contributed by atoms with Crippen molar-refractivity contribution < 1.29 is 33.8 Å². The van der Waals surface area contributed by atoms with Crippen molar-refractivity contribution in [1.29, 1.82) is 0 Å². The maximum atomic E-state index is 10.8. The van der Waals surface area contributed by atoms with Crippen LogP contribution in [-0.2, 0) is 9.13 Å². The van der Waals surface area contributed by atoms with E-state index in [0.717, 1.165) is 19.3 Å². The molecule has 0 unspecified atom stereocenters. The standard InChI is InChI=1S/C9H23NO7P2/c1-3-4-5-7-10(2)8-6-9(11,18(12,13)14)19(15,16)17/h11H,3-8H2,1-2H3,(H2,12,13,14)(H2,15,16,17)/p-4. The molecule has 0 aliphatic carbocycles. The molecule has 0 aromatic heterocycles. The van der Waals surface area contributed by atoms with E-state index in [2.05, 4.69) is 0 Å². The summed E-state index contributed by atoms with van der Waals surface area (Å²) in [5, 5.41) is 5.65. The number of aliphatic hydroxyl groups is 1. The third kappa shape index (κ3) is 5.61. The molecule has 0 aromatic rings. The van der Waals surface area contributed by atoms with Crippen LogP contribution in [0.15, 0.2) is 0 Å². The zero-order chi connectivity index (χ0) is 15.3. The van der Waals surface area contributed by atoms with Crippen LogP contribution in [0, 0.1) is 0 Å². The van der Waals surface area contributed by atoms with Crippen molar-refractivity contribution in [2.24, 2.45) is 0 Å². The summed E-state index contributed by atoms with van der Waals surface area (Å²) in [6.07, 6.45) is 1.79. The summed E-state index contributed by atoms with van der Waals surface area (Å²) in [7, 11) is -10.3. The normalized spacial score (nSPS) is 14.1. The average Bonchev–Trinajstić information content (AvgIpc) is 2.23. The molecule has 0 heterocycles. The molecular weight excluding hydrogens is 296 g/mol. The number of nitrogens with zero attached hydrogens (tertiary/aromatic N) is 1. The van der Waals surface area contributed by atoms with Gasteiger partial charge >= 0.3 is 0 Å². The molecule has 1 N–H and O–H groups in total. The van der Waals surface area contributed by atoms with Crippen LogP contribution < -0.4 is 19.6 Å². The minimum absolute atomic E-state index is 0.177. The highest BCUT2D eigenvalue weighted by Gasteiger charge is 2.35. The molecule has 116 valence electrons. The predicted octanol–water partition coefficient (Wildman–Crippen LogP) is -2.03. The quantitative estimate of drug-likeness (QED) is 0.378. The second-order valence-corrected chi connectivity index (χ2v) is 8.35. The van der Waals surface area contributed by atoms with Crippen molar-refractivity contribution in [2.45, 2.75) is 37.7 Å². The van der Waals surface area contributed by atoms with E-state index in [1.807, 2.05) is 6.92 Å². The minimum atomic E-state index is -5.96. The molecule has 0 rings (SSSR count). The third-order valence-corrected chi connectivity index (χ3v) is 6.52. The van der Waals surface area contributed by atoms with Gasteiger partial charge in [0.1, 0.15) is 5.08 Å². The van der Waals surface area contributed by atoms with Gasteiger partial charge in [0.2, 0.25) is 0 Å². The number of hydrogen-bond donors (Lipinski definition) is 1. The topological polar surface area (TPSA) is 150 Å². The average molecular weight is 315 g/mol. The first kappa shape index (κ1) is 19.2. The Hall–Kier alpha value is 0.220. The van der Waals surface area contributed by atoms with E-state index in [0.29, 0.717) is 6.54 Å². The van der Waals surface area contributed by atoms with Crippen LogP contribution in [0.1, 0.15) is 32.6 Å². The Bertz CT molecular complexity index is 342. The zero-order valence-corrected chi connectivity index (χ0v) is 12.8. The Morgan fingerprint density at radius 3 is 1.89 bits per heavy atom. The van der Waals surface area contributed by atoms with Crippen LogP contribution in [0.4, 0.5) is 0 Å². The Kier molecular flexibility index (Phi) is 7.38. The van der Waals surface area contributed by atoms with E-state index in [9.17, 15) is 33.8 Å². The molecule has 8 nitrogen and oxygen atoms in total. The summed E-state index contributed by atoms with van der Waals surface area (Å²) in [4.78, 5) is 44.8. The number of unbranched alkanes of at least 4 members (excludes halogenated alkanes) is 2. The van der Waals surface area contributed by atoms with Crippen molar-refractivity contribution in [3.05, 3.63) is 0 Å². The highest BCUT2D eigenvalue weighted by molar-refractivity contribution is 7.69. The second kappa shape index (κ2) is 7.29. The molecule has 0 aliphatic heterocycles. The van der Waals surface area contributed by atoms with E-state index in [4.69, 9.17) is 0 Å². The van der Waals surface area contributed by atoms with Crippen molar-refractivity contribution in [1.82, 2.24) is 4.90 Å². The van der Waals surface area contributed by atoms with Gasteiger partial charge in [-0.05, 0) is 41.6 Å². The Balaban J connectivity index is 4.63. The Morgan fingerprint density at radius 2 is 1.53 bits per heavy atom. The Labute approximate surface area is 112 Å². The first-order chi connectivity index (χ1) is 8.45. The van der Waals surface area contributed by atoms with E-state index in [-0.39, 0.29) is 6.54 Å². The van der Waals surface area contributed by atoms with Gasteiger partial charge in [0.05, 0.1) is 0 Å². The van der Waals surface area contributed by atoms with Crippen LogP contribution in [0.5, 0.6) is 0 Å². The third-order valence-electron chi connectivity index (χ3n) is 2.85. The molecule has 10 heteroatoms. The van der Waals surface area contributed by atoms with Gasteiger partial charge in [-0.3, -0.25) is 0 Å². The first-order valence-electron chi connectivity index (χ1n) is 5.91. The molecule has 0 bridgehead atoms. The van der Waals surface area contributed by atoms with Gasteiger partial charge in [-0.2, -0.15) is 0 Å². The van der Waals surface area contributed by atoms with Crippen LogP contribution in [0.3, 0.4) is 0 Å². The lowest BCUT2D eigenvalue weighted by Gasteiger charge is -2.56. The fourth-order valence-electron chi connectivity index (χ4n) is 1.51. The van der Waals surface area contributed by atoms with Crippen molar-refractivity contribution in [3.8, 4) is 0 Å². The van der Waals surface area contributed by atoms with Gasteiger partial charge in [-0.25, -0.2) is 0 Å². The molecular formula is C9H19NO7P2-4. The largest absolute Gasteiger partial charge is 0.808 e. The van der Waals surface area contributed by atoms with Crippen LogP contribution in [0.2, 0.25) is 0 Å². The lowest BCUT2D eigenvalue weighted by atomic mass is 10.2. The van der Waals surface area contributed by atoms with Crippen LogP contribution in [-0.4, -0.2) is 35.2 Å². The van der Waals surface area contributed by atoms with E-state index in [1.54, 1.807) is 11.9 Å². The molecule has 0 aliphatic rings. The molecule has 0 radical (unpaired) electrons. The molecule has 0 aromatic carbocycles. The van der Waals surface area contributed by atoms with Crippen molar-refractivity contribution in [2.75, 3.05) is 20.1 Å². The van der Waals surface area contributed by atoms with Gasteiger partial charge in [-0.15, -0.1) is 0 Å². The van der Waals surface area contributed by atoms with Crippen molar-refractivity contribution >= 4 is 15.2 Å². The monoisotopic (exact) mass is 315 g/mol. The number of hydrogen-bond acceptors (Lipinski definition) is 8. The maximum absolute atomic E-state index is 10.8. The molecule has 0 fully saturated rings. The zero-order valence-electron chi connectivity index (χ0n) is 11.0. The first-order valence-corrected chi connectivity index (χ1v) is 8.99. The smallest absolute Gasteiger partial charge is 0.118 e. The Morgan fingerprint density at radius 1 is 1.05 bits per heavy atom. The predicted molar refractivity (Wildman–Crippen MR) is 61.8 cm³/mol. The molecule has 0 spiro atoms. The van der Waals surface area contributed by atoms with Crippen LogP contribution >= 0.6 is 15.2 Å². The molecule has 0 amide bonds. The second-order valence-electron chi connectivity index (χ2n) is 4.53. The fourth-order valence-corrected chi connectivity index (χ4v) is 3.46. The van der Waals surface area contributed by atoms with E-state index < -0.39 is 26.7 Å². The summed E-state index contributed by atoms with van der Waals surface area (Å²) in [6.45, 7) is 2.37. The van der Waals surface area contributed by atoms with E-state index in [1.165, 1.54) is 0 Å². The van der Waals surface area contributed by atoms with Gasteiger partial charge in [0, 0.05) is 6.54 Å². The fraction of sp³-hybridized carbons (Fsp3) is 1.00. The summed E-state index contributed by atoms with van der Waals surface area (Å²) < 4.78 is 21.6. The molecule has 0 saturated carbocycles. The minimum Gasteiger partial charge on any atom is -0.808 e. The summed E-state index contributed by atoms with van der Waals surface area (Å²) in [5.41, 5.74) is 0. The SMILES string of the molecule is CCCCCN(C)CCC(O)(P(=O)([O-])[O-])P(=O)([O-])[O-]. The molecule has 0 saturated heterocycles. The highest BCUT2D eigenvalue weighted by Crippen LogP contribution is 2.60. The van der Waals surface area contributed by atoms with E-state index >= 15 is 0 Å². The molecule has 19 heavy (non-hydrogen) atoms. The van der Waals surface area contributed by atoms with Crippen molar-refractivity contribution in [3.63, 3.8) is 0 Å². The van der Waals surface area contributed by atoms with Gasteiger partial charge < -0.3 is 38.7 Å². The summed E-state index contributed by atoms with van der Waals surface area (Å²) >= 11 is 0. The summed E-state index contributed by atoms with van der Waals surface area (Å²) in [5.74, 6) is 0. The molecule has 0 atom stereocenters.